The summed E-state index contributed by atoms with van der Waals surface area (Å²) in [6, 6.07) is 0. The number of carbonyl (C=O) groups excluding carboxylic acids is 2. The molecule has 0 amide bonds. The first-order valence-corrected chi connectivity index (χ1v) is 16.6. The molecule has 0 saturated carbocycles. The molecule has 0 radical (unpaired) electrons. The first-order valence-electron chi connectivity index (χ1n) is 13.6. The van der Waals surface area contributed by atoms with Crippen LogP contribution in [0.4, 0.5) is 0 Å². The van der Waals surface area contributed by atoms with Crippen molar-refractivity contribution in [3.05, 3.63) is 0 Å². The van der Waals surface area contributed by atoms with Crippen molar-refractivity contribution in [2.24, 2.45) is 0 Å². The van der Waals surface area contributed by atoms with Crippen molar-refractivity contribution in [2.45, 2.75) is 105 Å². The largest absolute Gasteiger partial charge is 0.475 e. The van der Waals surface area contributed by atoms with Gasteiger partial charge in [-0.1, -0.05) is 53.4 Å². The molecule has 0 N–H and O–H groups in total. The van der Waals surface area contributed by atoms with Gasteiger partial charge in [-0.3, -0.25) is 27.1 Å². The summed E-state index contributed by atoms with van der Waals surface area (Å²) in [5, 5.41) is 0. The maximum absolute atomic E-state index is 13.5. The lowest BCUT2D eigenvalue weighted by atomic mass is 10.2. The predicted molar refractivity (Wildman–Crippen MR) is 142 cm³/mol. The molecule has 0 saturated heterocycles. The van der Waals surface area contributed by atoms with Crippen LogP contribution in [-0.4, -0.2) is 63.8 Å². The highest BCUT2D eigenvalue weighted by Gasteiger charge is 2.48. The summed E-state index contributed by atoms with van der Waals surface area (Å²) in [5.41, 5.74) is 0. The molecule has 0 aromatic rings. The fraction of sp³-hybridized carbons (Fsp3) is 0.917. The van der Waals surface area contributed by atoms with Crippen LogP contribution in [0.5, 0.6) is 0 Å². The van der Waals surface area contributed by atoms with Crippen molar-refractivity contribution < 1.29 is 55.3 Å². The average molecular weight is 591 g/mol. The van der Waals surface area contributed by atoms with Crippen LogP contribution in [0.25, 0.3) is 0 Å². The third-order valence-electron chi connectivity index (χ3n) is 4.79. The fourth-order valence-electron chi connectivity index (χ4n) is 2.65. The molecule has 0 unspecified atom stereocenters. The van der Waals surface area contributed by atoms with Gasteiger partial charge in [0.05, 0.1) is 39.6 Å². The Morgan fingerprint density at radius 1 is 0.526 bits per heavy atom. The summed E-state index contributed by atoms with van der Waals surface area (Å²) in [6.07, 6.45) is 1.07. The number of phosphoric acid groups is 2. The minimum atomic E-state index is -4.40. The second-order valence-corrected chi connectivity index (χ2v) is 11.4. The summed E-state index contributed by atoms with van der Waals surface area (Å²) in [7, 11) is -8.80. The van der Waals surface area contributed by atoms with E-state index in [-0.39, 0.29) is 39.6 Å². The first-order chi connectivity index (χ1) is 18.2. The SMILES string of the molecule is CCCCOP(=O)(OCCCC)O[C@@H](C(=O)OCC)[C@@H](OP(=O)(OCCCC)OCCCC)C(=O)OCC. The van der Waals surface area contributed by atoms with Crippen molar-refractivity contribution in [3.8, 4) is 0 Å². The molecular weight excluding hydrogens is 542 g/mol. The summed E-state index contributed by atoms with van der Waals surface area (Å²) in [5.74, 6) is -2.23. The molecule has 0 bridgehead atoms. The summed E-state index contributed by atoms with van der Waals surface area (Å²) < 4.78 is 70.0. The van der Waals surface area contributed by atoms with E-state index in [4.69, 9.17) is 36.6 Å². The molecular formula is C24H48O12P2. The fourth-order valence-corrected chi connectivity index (χ4v) is 5.40. The van der Waals surface area contributed by atoms with Crippen molar-refractivity contribution in [2.75, 3.05) is 39.6 Å². The second kappa shape index (κ2) is 21.9. The van der Waals surface area contributed by atoms with E-state index in [1.165, 1.54) is 13.8 Å². The zero-order valence-corrected chi connectivity index (χ0v) is 25.6. The van der Waals surface area contributed by atoms with Crippen LogP contribution in [0.3, 0.4) is 0 Å². The van der Waals surface area contributed by atoms with Crippen LogP contribution in [-0.2, 0) is 55.3 Å². The van der Waals surface area contributed by atoms with E-state index in [0.717, 1.165) is 25.7 Å². The van der Waals surface area contributed by atoms with Gasteiger partial charge in [0, 0.05) is 0 Å². The summed E-state index contributed by atoms with van der Waals surface area (Å²) >= 11 is 0. The Bertz CT molecular complexity index is 645. The number of esters is 2. The zero-order chi connectivity index (χ0) is 28.9. The highest BCUT2D eigenvalue weighted by molar-refractivity contribution is 7.49. The quantitative estimate of drug-likeness (QED) is 0.0662. The molecule has 14 heteroatoms. The Kier molecular flexibility index (Phi) is 21.4. The highest BCUT2D eigenvalue weighted by Crippen LogP contribution is 2.55. The molecule has 38 heavy (non-hydrogen) atoms. The van der Waals surface area contributed by atoms with Gasteiger partial charge in [-0.15, -0.1) is 0 Å². The van der Waals surface area contributed by atoms with Crippen LogP contribution >= 0.6 is 15.6 Å². The monoisotopic (exact) mass is 590 g/mol. The molecule has 0 rings (SSSR count). The maximum Gasteiger partial charge on any atom is 0.475 e. The number of carbonyl (C=O) groups is 2. The van der Waals surface area contributed by atoms with Gasteiger partial charge in [-0.25, -0.2) is 18.7 Å². The summed E-state index contributed by atoms with van der Waals surface area (Å²) in [4.78, 5) is 26.0. The molecule has 0 aliphatic carbocycles. The third-order valence-corrected chi connectivity index (χ3v) is 7.75. The molecule has 0 aliphatic heterocycles. The lowest BCUT2D eigenvalue weighted by Crippen LogP contribution is -2.45. The Morgan fingerprint density at radius 3 is 1.00 bits per heavy atom. The van der Waals surface area contributed by atoms with Gasteiger partial charge in [0.15, 0.2) is 0 Å². The van der Waals surface area contributed by atoms with Gasteiger partial charge in [0.2, 0.25) is 12.2 Å². The first kappa shape index (κ1) is 37.2. The van der Waals surface area contributed by atoms with E-state index in [1.54, 1.807) is 0 Å². The molecule has 0 fully saturated rings. The molecule has 226 valence electrons. The Balaban J connectivity index is 6.35. The van der Waals surface area contributed by atoms with E-state index in [1.807, 2.05) is 27.7 Å². The molecule has 2 atom stereocenters. The van der Waals surface area contributed by atoms with Crippen LogP contribution < -0.4 is 0 Å². The minimum absolute atomic E-state index is 0.0130. The minimum Gasteiger partial charge on any atom is -0.464 e. The third kappa shape index (κ3) is 15.7. The van der Waals surface area contributed by atoms with Crippen molar-refractivity contribution >= 4 is 27.6 Å². The predicted octanol–water partition coefficient (Wildman–Crippen LogP) is 6.37. The topological polar surface area (TPSA) is 142 Å². The van der Waals surface area contributed by atoms with E-state index in [2.05, 4.69) is 0 Å². The van der Waals surface area contributed by atoms with Crippen molar-refractivity contribution in [1.29, 1.82) is 0 Å². The van der Waals surface area contributed by atoms with Crippen LogP contribution in [0.1, 0.15) is 92.9 Å². The van der Waals surface area contributed by atoms with Gasteiger partial charge >= 0.3 is 27.6 Å². The Hall–Kier alpha value is -0.840. The van der Waals surface area contributed by atoms with E-state index < -0.39 is 39.8 Å². The number of unbranched alkanes of at least 4 members (excludes halogenated alkanes) is 4. The lowest BCUT2D eigenvalue weighted by molar-refractivity contribution is -0.171. The molecule has 12 nitrogen and oxygen atoms in total. The van der Waals surface area contributed by atoms with Crippen molar-refractivity contribution in [1.82, 2.24) is 0 Å². The van der Waals surface area contributed by atoms with Crippen LogP contribution in [0.15, 0.2) is 0 Å². The number of hydrogen-bond acceptors (Lipinski definition) is 12. The van der Waals surface area contributed by atoms with Crippen LogP contribution in [0, 0.1) is 0 Å². The van der Waals surface area contributed by atoms with E-state index in [9.17, 15) is 18.7 Å². The molecule has 0 aromatic carbocycles. The van der Waals surface area contributed by atoms with E-state index in [0.29, 0.717) is 25.7 Å². The number of ether oxygens (including phenoxy) is 2. The van der Waals surface area contributed by atoms with Crippen LogP contribution in [0.2, 0.25) is 0 Å². The number of phosphoric ester groups is 2. The standard InChI is InChI=1S/C24H48O12P2/c1-7-13-17-31-37(27,32-18-14-8-2)35-21(23(25)29-11-5)22(24(26)30-12-6)36-38(28,33-19-15-9-3)34-20-16-10-4/h21-22H,7-20H2,1-6H3/t21-,22-/m1/s1. The van der Waals surface area contributed by atoms with Gasteiger partial charge in [-0.2, -0.15) is 0 Å². The smallest absolute Gasteiger partial charge is 0.464 e. The van der Waals surface area contributed by atoms with Gasteiger partial charge in [0.25, 0.3) is 0 Å². The van der Waals surface area contributed by atoms with Gasteiger partial charge in [0.1, 0.15) is 0 Å². The Labute approximate surface area is 227 Å². The van der Waals surface area contributed by atoms with E-state index >= 15 is 0 Å². The molecule has 0 aliphatic rings. The van der Waals surface area contributed by atoms with Gasteiger partial charge in [-0.05, 0) is 39.5 Å². The van der Waals surface area contributed by atoms with Gasteiger partial charge < -0.3 is 9.47 Å². The summed E-state index contributed by atoms with van der Waals surface area (Å²) in [6.45, 7) is 10.6. The second-order valence-electron chi connectivity index (χ2n) is 8.20. The number of hydrogen-bond donors (Lipinski definition) is 0. The lowest BCUT2D eigenvalue weighted by Gasteiger charge is -2.29. The molecule has 0 heterocycles. The van der Waals surface area contributed by atoms with Crippen molar-refractivity contribution in [3.63, 3.8) is 0 Å². The molecule has 0 aromatic heterocycles. The highest BCUT2D eigenvalue weighted by atomic mass is 31.2. The number of rotatable bonds is 25. The zero-order valence-electron chi connectivity index (χ0n) is 23.8. The molecule has 0 spiro atoms. The normalized spacial score (nSPS) is 13.7. The Morgan fingerprint density at radius 2 is 0.789 bits per heavy atom. The maximum atomic E-state index is 13.5. The average Bonchev–Trinajstić information content (AvgIpc) is 2.87.